The van der Waals surface area contributed by atoms with E-state index in [1.165, 1.54) is 24.3 Å². The summed E-state index contributed by atoms with van der Waals surface area (Å²) in [7, 11) is -3.16. The Morgan fingerprint density at radius 1 is 1.45 bits per heavy atom. The number of tetrazole rings is 1. The molecule has 2 aromatic heterocycles. The van der Waals surface area contributed by atoms with Gasteiger partial charge in [-0.2, -0.15) is 18.4 Å². The van der Waals surface area contributed by atoms with Gasteiger partial charge in [0.1, 0.15) is 29.9 Å². The summed E-state index contributed by atoms with van der Waals surface area (Å²) in [6.07, 6.45) is 0.462. The lowest BCUT2D eigenvalue weighted by molar-refractivity contribution is -0.150. The number of nitrogens with one attached hydrogen (secondary N) is 3. The predicted molar refractivity (Wildman–Crippen MR) is 142 cm³/mol. The molecule has 2 aromatic rings. The van der Waals surface area contributed by atoms with Crippen molar-refractivity contribution >= 4 is 73.8 Å². The first kappa shape index (κ1) is 29.7. The van der Waals surface area contributed by atoms with Crippen LogP contribution >= 0.6 is 34.9 Å². The molecule has 0 aliphatic carbocycles. The second kappa shape index (κ2) is 12.5. The number of thioether (sulfide) groups is 2. The van der Waals surface area contributed by atoms with Crippen molar-refractivity contribution < 1.29 is 37.3 Å². The van der Waals surface area contributed by atoms with E-state index in [0.29, 0.717) is 5.57 Å². The molecule has 0 bridgehead atoms. The van der Waals surface area contributed by atoms with Crippen LogP contribution in [0.2, 0.25) is 0 Å². The standard InChI is InChI=1S/C18H22N10O8S4/c1-36-25-10(8-6-38-17(19)21-8)13(29)22-11-14(30)28-12(16(31)32)7(5-37-15(11)28)9(39-18-23-26-27-24-18)3-2-4-20-40(33,34)35/h6,9,11,15,20H,2-5H2,1H3,(H2,19,21)(H,22,29)(H,31,32)(H,33,34,35)(H,23,24,26,27)/t9?,11-,15+/m1/s1. The van der Waals surface area contributed by atoms with Gasteiger partial charge in [-0.15, -0.1) is 33.3 Å². The van der Waals surface area contributed by atoms with E-state index in [-0.39, 0.29) is 52.5 Å². The highest BCUT2D eigenvalue weighted by molar-refractivity contribution is 8.01. The number of carbonyl (C=O) groups excluding carboxylic acids is 2. The summed E-state index contributed by atoms with van der Waals surface area (Å²) in [5.74, 6) is -2.58. The molecular weight excluding hydrogens is 613 g/mol. The fraction of sp³-hybridized carbons (Fsp3) is 0.444. The van der Waals surface area contributed by atoms with Crippen LogP contribution in [0.5, 0.6) is 0 Å². The van der Waals surface area contributed by atoms with Crippen LogP contribution in [0.15, 0.2) is 27.0 Å². The third-order valence-electron chi connectivity index (χ3n) is 5.54. The van der Waals surface area contributed by atoms with Gasteiger partial charge in [0.2, 0.25) is 5.16 Å². The molecule has 7 N–H and O–H groups in total. The third kappa shape index (κ3) is 6.69. The van der Waals surface area contributed by atoms with Gasteiger partial charge in [-0.3, -0.25) is 19.0 Å². The summed E-state index contributed by atoms with van der Waals surface area (Å²) in [5.41, 5.74) is 5.73. The van der Waals surface area contributed by atoms with E-state index in [9.17, 15) is 27.9 Å². The molecule has 1 unspecified atom stereocenters. The number of hydrogen-bond donors (Lipinski definition) is 6. The number of aromatic amines is 1. The number of rotatable bonds is 13. The summed E-state index contributed by atoms with van der Waals surface area (Å²) in [6, 6.07) is -1.05. The Bertz CT molecular complexity index is 1440. The number of fused-ring (bicyclic) bond motifs is 1. The van der Waals surface area contributed by atoms with Crippen molar-refractivity contribution in [1.29, 1.82) is 0 Å². The number of oxime groups is 1. The molecule has 2 aliphatic heterocycles. The number of H-pyrrole nitrogens is 1. The molecular formula is C18H22N10O8S4. The molecule has 4 rings (SSSR count). The highest BCUT2D eigenvalue weighted by Crippen LogP contribution is 2.44. The molecule has 3 atom stereocenters. The number of aliphatic carboxylic acids is 1. The predicted octanol–water partition coefficient (Wildman–Crippen LogP) is -1.34. The lowest BCUT2D eigenvalue weighted by Crippen LogP contribution is -2.71. The summed E-state index contributed by atoms with van der Waals surface area (Å²) in [6.45, 7) is -0.111. The number of β-lactam (4-membered cyclic amide) rings is 1. The number of nitrogens with two attached hydrogens (primary N) is 1. The Morgan fingerprint density at radius 2 is 2.23 bits per heavy atom. The maximum atomic E-state index is 13.2. The van der Waals surface area contributed by atoms with Crippen molar-refractivity contribution in [2.75, 3.05) is 25.1 Å². The van der Waals surface area contributed by atoms with Crippen LogP contribution < -0.4 is 15.8 Å². The van der Waals surface area contributed by atoms with Crippen LogP contribution in [0, 0.1) is 0 Å². The molecule has 40 heavy (non-hydrogen) atoms. The van der Waals surface area contributed by atoms with Gasteiger partial charge < -0.3 is 21.0 Å². The molecule has 22 heteroatoms. The molecule has 0 radical (unpaired) electrons. The van der Waals surface area contributed by atoms with Gasteiger partial charge in [0.05, 0.1) is 0 Å². The smallest absolute Gasteiger partial charge is 0.352 e. The second-order valence-electron chi connectivity index (χ2n) is 8.05. The Labute approximate surface area is 238 Å². The van der Waals surface area contributed by atoms with E-state index in [1.807, 2.05) is 4.72 Å². The van der Waals surface area contributed by atoms with Crippen molar-refractivity contribution in [3.8, 4) is 0 Å². The van der Waals surface area contributed by atoms with E-state index < -0.39 is 44.8 Å². The largest absolute Gasteiger partial charge is 0.477 e. The van der Waals surface area contributed by atoms with Crippen molar-refractivity contribution in [2.24, 2.45) is 5.16 Å². The average molecular weight is 635 g/mol. The number of carbonyl (C=O) groups is 3. The molecule has 2 aliphatic rings. The number of nitrogen functional groups attached to an aromatic ring is 1. The zero-order chi connectivity index (χ0) is 29.0. The molecule has 0 aromatic carbocycles. The molecule has 18 nitrogen and oxygen atoms in total. The Kier molecular flexibility index (Phi) is 9.25. The van der Waals surface area contributed by atoms with E-state index in [0.717, 1.165) is 28.0 Å². The first-order chi connectivity index (χ1) is 19.0. The quantitative estimate of drug-likeness (QED) is 0.0372. The Morgan fingerprint density at radius 3 is 2.83 bits per heavy atom. The van der Waals surface area contributed by atoms with Crippen LogP contribution in [-0.4, -0.2) is 108 Å². The number of hydrogen-bond acceptors (Lipinski definition) is 15. The Balaban J connectivity index is 1.54. The molecule has 2 amide bonds. The summed E-state index contributed by atoms with van der Waals surface area (Å²) >= 11 is 3.41. The fourth-order valence-corrected chi connectivity index (χ4v) is 7.45. The minimum Gasteiger partial charge on any atom is -0.477 e. The summed E-state index contributed by atoms with van der Waals surface area (Å²) < 4.78 is 32.8. The van der Waals surface area contributed by atoms with Gasteiger partial charge in [-0.25, -0.2) is 9.78 Å². The zero-order valence-electron chi connectivity index (χ0n) is 20.4. The molecule has 4 heterocycles. The average Bonchev–Trinajstić information content (AvgIpc) is 3.57. The maximum Gasteiger partial charge on any atom is 0.352 e. The topological polar surface area (TPSA) is 268 Å². The van der Waals surface area contributed by atoms with Gasteiger partial charge >= 0.3 is 16.3 Å². The van der Waals surface area contributed by atoms with Crippen LogP contribution in [0.4, 0.5) is 5.13 Å². The van der Waals surface area contributed by atoms with Crippen LogP contribution in [0.3, 0.4) is 0 Å². The second-order valence-corrected chi connectivity index (χ2v) is 12.4. The number of thiazole rings is 1. The van der Waals surface area contributed by atoms with Gasteiger partial charge in [0.25, 0.3) is 11.8 Å². The highest BCUT2D eigenvalue weighted by atomic mass is 32.2. The molecule has 0 spiro atoms. The van der Waals surface area contributed by atoms with Gasteiger partial charge in [0.15, 0.2) is 10.8 Å². The first-order valence-corrected chi connectivity index (χ1v) is 15.4. The minimum atomic E-state index is -4.40. The minimum absolute atomic E-state index is 0.111. The van der Waals surface area contributed by atoms with Gasteiger partial charge in [0, 0.05) is 22.9 Å². The number of carboxylic acid groups (broad SMARTS) is 1. The highest BCUT2D eigenvalue weighted by Gasteiger charge is 2.55. The maximum absolute atomic E-state index is 13.2. The lowest BCUT2D eigenvalue weighted by atomic mass is 9.99. The van der Waals surface area contributed by atoms with Crippen LogP contribution in [0.1, 0.15) is 18.5 Å². The molecule has 0 saturated carbocycles. The van der Waals surface area contributed by atoms with E-state index in [2.05, 4.69) is 36.1 Å². The van der Waals surface area contributed by atoms with Crippen LogP contribution in [0.25, 0.3) is 0 Å². The molecule has 1 fully saturated rings. The van der Waals surface area contributed by atoms with E-state index in [4.69, 9.17) is 15.1 Å². The third-order valence-corrected chi connectivity index (χ3v) is 9.27. The number of amides is 2. The first-order valence-electron chi connectivity index (χ1n) is 11.2. The Hall–Kier alpha value is -3.31. The van der Waals surface area contributed by atoms with Crippen molar-refractivity contribution in [3.05, 3.63) is 22.3 Å². The zero-order valence-corrected chi connectivity index (χ0v) is 23.6. The van der Waals surface area contributed by atoms with Gasteiger partial charge in [-0.05, 0) is 23.6 Å². The van der Waals surface area contributed by atoms with E-state index >= 15 is 0 Å². The van der Waals surface area contributed by atoms with E-state index in [1.54, 1.807) is 0 Å². The lowest BCUT2D eigenvalue weighted by Gasteiger charge is -2.50. The summed E-state index contributed by atoms with van der Waals surface area (Å²) in [4.78, 5) is 48.4. The van der Waals surface area contributed by atoms with Crippen molar-refractivity contribution in [1.82, 2.24) is 40.5 Å². The fourth-order valence-electron chi connectivity index (χ4n) is 3.91. The SMILES string of the molecule is CON=C(C(=O)N[C@@H]1C(=O)N2C(C(=O)O)=C(C(CCCNS(=O)(=O)O)Sc3nn[nH]n3)CS[C@@H]12)c1csc(N)n1. The number of carboxylic acids is 1. The number of aromatic nitrogens is 5. The van der Waals surface area contributed by atoms with Crippen LogP contribution in [-0.2, 0) is 29.5 Å². The molecule has 1 saturated heterocycles. The molecule has 216 valence electrons. The number of nitrogens with zero attached hydrogens (tertiary/aromatic N) is 6. The normalized spacial score (nSPS) is 20.1. The van der Waals surface area contributed by atoms with Gasteiger partial charge in [-0.1, -0.05) is 16.9 Å². The van der Waals surface area contributed by atoms with Crippen molar-refractivity contribution in [3.63, 3.8) is 0 Å². The monoisotopic (exact) mass is 634 g/mol. The summed E-state index contributed by atoms with van der Waals surface area (Å²) in [5, 5.41) is 30.5. The number of anilines is 1. The van der Waals surface area contributed by atoms with Crippen molar-refractivity contribution in [2.45, 2.75) is 34.7 Å².